The predicted octanol–water partition coefficient (Wildman–Crippen LogP) is 6.34. The fraction of sp³-hybridized carbons (Fsp3) is 0.185. The number of hydrogen-bond acceptors (Lipinski definition) is 3. The van der Waals surface area contributed by atoms with Gasteiger partial charge >= 0.3 is 0 Å². The summed E-state index contributed by atoms with van der Waals surface area (Å²) in [6, 6.07) is 23.0. The van der Waals surface area contributed by atoms with Gasteiger partial charge < -0.3 is 10.1 Å². The van der Waals surface area contributed by atoms with E-state index >= 15 is 0 Å². The maximum absolute atomic E-state index is 12.9. The van der Waals surface area contributed by atoms with Crippen LogP contribution in [-0.2, 0) is 13.2 Å². The number of ether oxygens (including phenoxy) is 1. The van der Waals surface area contributed by atoms with Gasteiger partial charge in [-0.2, -0.15) is 5.10 Å². The van der Waals surface area contributed by atoms with Gasteiger partial charge in [0, 0.05) is 10.6 Å². The highest BCUT2D eigenvalue weighted by Gasteiger charge is 2.15. The van der Waals surface area contributed by atoms with E-state index in [4.69, 9.17) is 16.3 Å². The Balaban J connectivity index is 1.41. The van der Waals surface area contributed by atoms with Crippen LogP contribution in [0, 0.1) is 20.8 Å². The summed E-state index contributed by atoms with van der Waals surface area (Å²) in [5.74, 6) is 0.538. The van der Waals surface area contributed by atoms with E-state index in [1.54, 1.807) is 24.3 Å². The summed E-state index contributed by atoms with van der Waals surface area (Å²) in [6.45, 7) is 7.01. The lowest BCUT2D eigenvalue weighted by Gasteiger charge is -2.09. The molecule has 0 atom stereocenters. The van der Waals surface area contributed by atoms with Crippen LogP contribution in [0.1, 0.15) is 38.4 Å². The zero-order chi connectivity index (χ0) is 23.4. The van der Waals surface area contributed by atoms with Crippen molar-refractivity contribution < 1.29 is 9.53 Å². The third-order valence-electron chi connectivity index (χ3n) is 5.45. The Hall–Kier alpha value is -3.57. The molecule has 4 aromatic rings. The molecular formula is C27H26ClN3O2. The first-order chi connectivity index (χ1) is 15.9. The van der Waals surface area contributed by atoms with Crippen molar-refractivity contribution in [1.82, 2.24) is 9.78 Å². The number of rotatable bonds is 7. The van der Waals surface area contributed by atoms with Gasteiger partial charge in [0.25, 0.3) is 5.91 Å². The zero-order valence-electron chi connectivity index (χ0n) is 18.9. The maximum atomic E-state index is 12.9. The second-order valence-electron chi connectivity index (χ2n) is 8.09. The molecule has 1 N–H and O–H groups in total. The van der Waals surface area contributed by atoms with Crippen LogP contribution in [-0.4, -0.2) is 15.7 Å². The molecule has 1 heterocycles. The Labute approximate surface area is 199 Å². The summed E-state index contributed by atoms with van der Waals surface area (Å²) in [7, 11) is 0. The Bertz CT molecular complexity index is 1280. The van der Waals surface area contributed by atoms with Gasteiger partial charge in [0.2, 0.25) is 0 Å². The van der Waals surface area contributed by atoms with Crippen molar-refractivity contribution in [1.29, 1.82) is 0 Å². The lowest BCUT2D eigenvalue weighted by Crippen LogP contribution is -2.13. The number of hydrogen-bond donors (Lipinski definition) is 1. The van der Waals surface area contributed by atoms with Crippen LogP contribution >= 0.6 is 11.6 Å². The molecule has 0 saturated carbocycles. The summed E-state index contributed by atoms with van der Waals surface area (Å²) in [6.07, 6.45) is 0. The average molecular weight is 460 g/mol. The molecule has 3 aromatic carbocycles. The Morgan fingerprint density at radius 2 is 1.73 bits per heavy atom. The van der Waals surface area contributed by atoms with E-state index in [1.807, 2.05) is 48.9 Å². The molecule has 0 aliphatic rings. The third-order valence-corrected chi connectivity index (χ3v) is 5.69. The van der Waals surface area contributed by atoms with Gasteiger partial charge in [-0.05, 0) is 62.2 Å². The lowest BCUT2D eigenvalue weighted by atomic mass is 10.1. The highest BCUT2D eigenvalue weighted by molar-refractivity contribution is 6.30. The van der Waals surface area contributed by atoms with E-state index in [1.165, 1.54) is 11.1 Å². The summed E-state index contributed by atoms with van der Waals surface area (Å²) in [5, 5.41) is 8.29. The number of halogens is 1. The molecule has 0 aliphatic carbocycles. The van der Waals surface area contributed by atoms with Gasteiger partial charge in [-0.15, -0.1) is 0 Å². The predicted molar refractivity (Wildman–Crippen MR) is 132 cm³/mol. The number of benzene rings is 3. The molecule has 6 heteroatoms. The van der Waals surface area contributed by atoms with E-state index in [2.05, 4.69) is 35.5 Å². The molecule has 33 heavy (non-hydrogen) atoms. The Morgan fingerprint density at radius 3 is 2.45 bits per heavy atom. The number of carbonyl (C=O) groups excluding carboxylic acids is 1. The molecule has 1 aromatic heterocycles. The number of anilines is 1. The van der Waals surface area contributed by atoms with Crippen molar-refractivity contribution in [2.45, 2.75) is 33.9 Å². The van der Waals surface area contributed by atoms with Crippen molar-refractivity contribution in [2.24, 2.45) is 0 Å². The second kappa shape index (κ2) is 9.92. The normalized spacial score (nSPS) is 10.8. The minimum absolute atomic E-state index is 0.168. The van der Waals surface area contributed by atoms with Crippen molar-refractivity contribution in [3.8, 4) is 5.75 Å². The standard InChI is InChI=1S/C27H26ClN3O2/c1-18-6-4-7-22(14-18)16-31-20(3)26(19(2)30-31)29-27(32)23-12-10-21(11-13-23)17-33-25-9-5-8-24(28)15-25/h4-15H,16-17H2,1-3H3,(H,29,32). The van der Waals surface area contributed by atoms with Crippen molar-refractivity contribution in [2.75, 3.05) is 5.32 Å². The number of amides is 1. The number of carbonyl (C=O) groups is 1. The number of nitrogens with one attached hydrogen (secondary N) is 1. The Morgan fingerprint density at radius 1 is 0.970 bits per heavy atom. The minimum Gasteiger partial charge on any atom is -0.489 e. The van der Waals surface area contributed by atoms with Crippen LogP contribution in [0.2, 0.25) is 5.02 Å². The summed E-state index contributed by atoms with van der Waals surface area (Å²) >= 11 is 5.99. The lowest BCUT2D eigenvalue weighted by molar-refractivity contribution is 0.102. The fourth-order valence-electron chi connectivity index (χ4n) is 3.68. The van der Waals surface area contributed by atoms with Crippen molar-refractivity contribution in [3.05, 3.63) is 111 Å². The van der Waals surface area contributed by atoms with Crippen LogP contribution in [0.4, 0.5) is 5.69 Å². The van der Waals surface area contributed by atoms with Crippen LogP contribution in [0.15, 0.2) is 72.8 Å². The van der Waals surface area contributed by atoms with E-state index < -0.39 is 0 Å². The molecule has 0 bridgehead atoms. The SMILES string of the molecule is Cc1cccc(Cn2nc(C)c(NC(=O)c3ccc(COc4cccc(Cl)c4)cc3)c2C)c1. The minimum atomic E-state index is -0.168. The van der Waals surface area contributed by atoms with E-state index in [0.717, 1.165) is 22.6 Å². The molecule has 4 rings (SSSR count). The molecular weight excluding hydrogens is 434 g/mol. The van der Waals surface area contributed by atoms with E-state index in [0.29, 0.717) is 29.5 Å². The molecule has 0 fully saturated rings. The third kappa shape index (κ3) is 5.62. The first-order valence-corrected chi connectivity index (χ1v) is 11.1. The van der Waals surface area contributed by atoms with E-state index in [-0.39, 0.29) is 5.91 Å². The van der Waals surface area contributed by atoms with Gasteiger partial charge in [0.1, 0.15) is 12.4 Å². The van der Waals surface area contributed by atoms with Gasteiger partial charge in [-0.3, -0.25) is 9.48 Å². The summed E-state index contributed by atoms with van der Waals surface area (Å²) < 4.78 is 7.69. The van der Waals surface area contributed by atoms with Crippen LogP contribution < -0.4 is 10.1 Å². The first kappa shape index (κ1) is 22.6. The Kier molecular flexibility index (Phi) is 6.80. The zero-order valence-corrected chi connectivity index (χ0v) is 19.7. The number of nitrogens with zero attached hydrogens (tertiary/aromatic N) is 2. The topological polar surface area (TPSA) is 56.2 Å². The average Bonchev–Trinajstić information content (AvgIpc) is 3.05. The maximum Gasteiger partial charge on any atom is 0.255 e. The van der Waals surface area contributed by atoms with Gasteiger partial charge in [0.15, 0.2) is 0 Å². The molecule has 0 radical (unpaired) electrons. The highest BCUT2D eigenvalue weighted by atomic mass is 35.5. The van der Waals surface area contributed by atoms with E-state index in [9.17, 15) is 4.79 Å². The van der Waals surface area contributed by atoms with Crippen molar-refractivity contribution >= 4 is 23.2 Å². The highest BCUT2D eigenvalue weighted by Crippen LogP contribution is 2.22. The number of aromatic nitrogens is 2. The molecule has 1 amide bonds. The molecule has 0 saturated heterocycles. The molecule has 5 nitrogen and oxygen atoms in total. The molecule has 0 unspecified atom stereocenters. The summed E-state index contributed by atoms with van der Waals surface area (Å²) in [4.78, 5) is 12.9. The largest absolute Gasteiger partial charge is 0.489 e. The molecule has 0 spiro atoms. The van der Waals surface area contributed by atoms with Gasteiger partial charge in [0.05, 0.1) is 23.6 Å². The first-order valence-electron chi connectivity index (χ1n) is 10.8. The summed E-state index contributed by atoms with van der Waals surface area (Å²) in [5.41, 5.74) is 6.39. The second-order valence-corrected chi connectivity index (χ2v) is 8.53. The monoisotopic (exact) mass is 459 g/mol. The van der Waals surface area contributed by atoms with Gasteiger partial charge in [-0.1, -0.05) is 59.6 Å². The fourth-order valence-corrected chi connectivity index (χ4v) is 3.86. The van der Waals surface area contributed by atoms with Gasteiger partial charge in [-0.25, -0.2) is 0 Å². The van der Waals surface area contributed by atoms with Crippen molar-refractivity contribution in [3.63, 3.8) is 0 Å². The van der Waals surface area contributed by atoms with Crippen LogP contribution in [0.3, 0.4) is 0 Å². The quantitative estimate of drug-likeness (QED) is 0.350. The molecule has 168 valence electrons. The number of aryl methyl sites for hydroxylation is 2. The van der Waals surface area contributed by atoms with Crippen LogP contribution in [0.25, 0.3) is 0 Å². The van der Waals surface area contributed by atoms with Crippen LogP contribution in [0.5, 0.6) is 5.75 Å². The smallest absolute Gasteiger partial charge is 0.255 e. The molecule has 0 aliphatic heterocycles.